The molecule has 0 atom stereocenters. The fourth-order valence-electron chi connectivity index (χ4n) is 2.58. The maximum absolute atomic E-state index is 8.78. The predicted octanol–water partition coefficient (Wildman–Crippen LogP) is 3.02. The molecule has 26 heavy (non-hydrogen) atoms. The number of nitrogens with one attached hydrogen (secondary N) is 2. The van der Waals surface area contributed by atoms with Crippen molar-refractivity contribution in [3.8, 4) is 11.5 Å². The lowest BCUT2D eigenvalue weighted by molar-refractivity contribution is 0.279. The number of benzene rings is 2. The third kappa shape index (κ3) is 5.99. The first-order chi connectivity index (χ1) is 12.7. The molecule has 0 fully saturated rings. The minimum absolute atomic E-state index is 0.151. The molecule has 0 spiro atoms. The van der Waals surface area contributed by atoms with Gasteiger partial charge in [0.1, 0.15) is 6.61 Å². The van der Waals surface area contributed by atoms with E-state index in [9.17, 15) is 0 Å². The van der Waals surface area contributed by atoms with Crippen LogP contribution in [0, 0.1) is 6.92 Å². The molecule has 0 aromatic heterocycles. The largest absolute Gasteiger partial charge is 0.493 e. The monoisotopic (exact) mass is 422 g/mol. The topological polar surface area (TPSA) is 62.8 Å². The summed E-state index contributed by atoms with van der Waals surface area (Å²) in [6.07, 6.45) is 0. The van der Waals surface area contributed by atoms with E-state index in [1.807, 2.05) is 24.3 Å². The Hall–Kier alpha value is -1.60. The molecule has 0 aliphatic rings. The normalized spacial score (nSPS) is 10.8. The van der Waals surface area contributed by atoms with E-state index in [0.717, 1.165) is 40.2 Å². The van der Waals surface area contributed by atoms with Gasteiger partial charge >= 0.3 is 0 Å². The Morgan fingerprint density at radius 2 is 1.81 bits per heavy atom. The molecule has 2 rings (SSSR count). The molecule has 3 N–H and O–H groups in total. The summed E-state index contributed by atoms with van der Waals surface area (Å²) in [7, 11) is 1.65. The number of aliphatic hydroxyl groups is 1. The smallest absolute Gasteiger partial charge is 0.167 e. The molecule has 0 saturated heterocycles. The number of aliphatic hydroxyl groups excluding tert-OH is 1. The molecular weight excluding hydrogens is 396 g/mol. The average molecular weight is 423 g/mol. The van der Waals surface area contributed by atoms with Crippen LogP contribution in [-0.2, 0) is 13.2 Å². The van der Waals surface area contributed by atoms with Gasteiger partial charge in [0.2, 0.25) is 0 Å². The van der Waals surface area contributed by atoms with E-state index >= 15 is 0 Å². The van der Waals surface area contributed by atoms with Crippen molar-refractivity contribution in [2.24, 2.45) is 0 Å². The summed E-state index contributed by atoms with van der Waals surface area (Å²) in [6, 6.07) is 12.1. The zero-order valence-electron chi connectivity index (χ0n) is 15.3. The highest BCUT2D eigenvalue weighted by Gasteiger charge is 2.15. The first-order valence-corrected chi connectivity index (χ1v) is 9.51. The van der Waals surface area contributed by atoms with E-state index in [1.165, 1.54) is 5.56 Å². The fraction of sp³-hybridized carbons (Fsp3) is 0.400. The van der Waals surface area contributed by atoms with Gasteiger partial charge < -0.3 is 25.2 Å². The summed E-state index contributed by atoms with van der Waals surface area (Å²) in [5.41, 5.74) is 3.39. The number of rotatable bonds is 11. The van der Waals surface area contributed by atoms with Crippen LogP contribution in [-0.4, -0.2) is 38.5 Å². The van der Waals surface area contributed by atoms with Crippen molar-refractivity contribution in [1.29, 1.82) is 0 Å². The quantitative estimate of drug-likeness (QED) is 0.485. The highest BCUT2D eigenvalue weighted by molar-refractivity contribution is 9.10. The second kappa shape index (κ2) is 11.2. The van der Waals surface area contributed by atoms with Gasteiger partial charge in [-0.1, -0.05) is 40.2 Å². The zero-order chi connectivity index (χ0) is 18.8. The van der Waals surface area contributed by atoms with Gasteiger partial charge in [-0.2, -0.15) is 0 Å². The van der Waals surface area contributed by atoms with Gasteiger partial charge in [0, 0.05) is 36.2 Å². The lowest BCUT2D eigenvalue weighted by atomic mass is 10.1. The van der Waals surface area contributed by atoms with Crippen LogP contribution in [0.15, 0.2) is 40.9 Å². The summed E-state index contributed by atoms with van der Waals surface area (Å²) < 4.78 is 12.6. The Labute approximate surface area is 163 Å². The Bertz CT molecular complexity index is 695. The summed E-state index contributed by atoms with van der Waals surface area (Å²) >= 11 is 3.62. The first-order valence-electron chi connectivity index (χ1n) is 8.72. The Morgan fingerprint density at radius 1 is 1.04 bits per heavy atom. The maximum Gasteiger partial charge on any atom is 0.167 e. The molecular formula is C20H27BrN2O3. The van der Waals surface area contributed by atoms with Gasteiger partial charge in [0.15, 0.2) is 11.5 Å². The molecule has 2 aromatic rings. The summed E-state index contributed by atoms with van der Waals surface area (Å²) in [6.45, 7) is 5.57. The summed E-state index contributed by atoms with van der Waals surface area (Å²) in [5.74, 6) is 1.47. The van der Waals surface area contributed by atoms with Crippen LogP contribution >= 0.6 is 15.9 Å². The third-order valence-corrected chi connectivity index (χ3v) is 4.83. The molecule has 5 nitrogen and oxygen atoms in total. The molecule has 0 radical (unpaired) electrons. The summed E-state index contributed by atoms with van der Waals surface area (Å²) in [5, 5.41) is 15.3. The van der Waals surface area contributed by atoms with Crippen LogP contribution in [0.2, 0.25) is 0 Å². The van der Waals surface area contributed by atoms with E-state index in [0.29, 0.717) is 19.7 Å². The fourth-order valence-corrected chi connectivity index (χ4v) is 3.03. The van der Waals surface area contributed by atoms with Crippen molar-refractivity contribution in [3.63, 3.8) is 0 Å². The number of aryl methyl sites for hydroxylation is 1. The zero-order valence-corrected chi connectivity index (χ0v) is 16.9. The van der Waals surface area contributed by atoms with Gasteiger partial charge in [-0.25, -0.2) is 0 Å². The van der Waals surface area contributed by atoms with E-state index in [-0.39, 0.29) is 6.61 Å². The number of ether oxygens (including phenoxy) is 2. The Balaban J connectivity index is 2.07. The molecule has 2 aromatic carbocycles. The van der Waals surface area contributed by atoms with Crippen molar-refractivity contribution in [1.82, 2.24) is 10.6 Å². The van der Waals surface area contributed by atoms with E-state index < -0.39 is 0 Å². The van der Waals surface area contributed by atoms with Crippen molar-refractivity contribution >= 4 is 15.9 Å². The highest BCUT2D eigenvalue weighted by Crippen LogP contribution is 2.36. The molecule has 0 bridgehead atoms. The minimum Gasteiger partial charge on any atom is -0.493 e. The third-order valence-electron chi connectivity index (χ3n) is 4.09. The van der Waals surface area contributed by atoms with Crippen molar-refractivity contribution < 1.29 is 14.6 Å². The second-order valence-corrected chi connectivity index (χ2v) is 6.78. The summed E-state index contributed by atoms with van der Waals surface area (Å²) in [4.78, 5) is 0. The van der Waals surface area contributed by atoms with Gasteiger partial charge in [-0.3, -0.25) is 0 Å². The highest BCUT2D eigenvalue weighted by atomic mass is 79.9. The van der Waals surface area contributed by atoms with E-state index in [4.69, 9.17) is 14.6 Å². The van der Waals surface area contributed by atoms with Gasteiger partial charge in [-0.15, -0.1) is 0 Å². The molecule has 0 unspecified atom stereocenters. The average Bonchev–Trinajstić information content (AvgIpc) is 2.65. The number of hydrogen-bond acceptors (Lipinski definition) is 5. The molecule has 6 heteroatoms. The van der Waals surface area contributed by atoms with Crippen molar-refractivity contribution in [2.45, 2.75) is 20.1 Å². The van der Waals surface area contributed by atoms with Crippen LogP contribution in [0.25, 0.3) is 0 Å². The molecule has 0 amide bonds. The van der Waals surface area contributed by atoms with E-state index in [1.54, 1.807) is 7.11 Å². The van der Waals surface area contributed by atoms with Gasteiger partial charge in [0.25, 0.3) is 0 Å². The van der Waals surface area contributed by atoms with Gasteiger partial charge in [-0.05, 0) is 30.2 Å². The predicted molar refractivity (Wildman–Crippen MR) is 108 cm³/mol. The van der Waals surface area contributed by atoms with Gasteiger partial charge in [0.05, 0.1) is 13.7 Å². The molecule has 0 aliphatic heterocycles. The van der Waals surface area contributed by atoms with Crippen molar-refractivity contribution in [3.05, 3.63) is 57.6 Å². The molecule has 0 heterocycles. The number of halogens is 1. The maximum atomic E-state index is 8.78. The van der Waals surface area contributed by atoms with E-state index in [2.05, 4.69) is 45.6 Å². The SMILES string of the molecule is COc1ccc(Br)c(CNCCNCCO)c1OCc1ccccc1C. The molecule has 142 valence electrons. The lowest BCUT2D eigenvalue weighted by Crippen LogP contribution is -2.29. The number of hydrogen-bond donors (Lipinski definition) is 3. The number of methoxy groups -OCH3 is 1. The Morgan fingerprint density at radius 3 is 2.54 bits per heavy atom. The van der Waals surface area contributed by atoms with Crippen LogP contribution in [0.3, 0.4) is 0 Å². The molecule has 0 saturated carbocycles. The van der Waals surface area contributed by atoms with Crippen LogP contribution in [0.5, 0.6) is 11.5 Å². The van der Waals surface area contributed by atoms with Crippen molar-refractivity contribution in [2.75, 3.05) is 33.4 Å². The second-order valence-electron chi connectivity index (χ2n) is 5.92. The van der Waals surface area contributed by atoms with Crippen LogP contribution in [0.1, 0.15) is 16.7 Å². The Kier molecular flexibility index (Phi) is 8.91. The lowest BCUT2D eigenvalue weighted by Gasteiger charge is -2.18. The molecule has 0 aliphatic carbocycles. The minimum atomic E-state index is 0.151. The van der Waals surface area contributed by atoms with Crippen LogP contribution in [0.4, 0.5) is 0 Å². The standard InChI is InChI=1S/C20H27BrN2O3/c1-15-5-3-4-6-16(15)14-26-20-17(13-23-10-9-22-11-12-24)18(21)7-8-19(20)25-2/h3-8,22-24H,9-14H2,1-2H3. The first kappa shape index (κ1) is 20.7. The van der Waals surface area contributed by atoms with Crippen LogP contribution < -0.4 is 20.1 Å².